The monoisotopic (exact) mass is 348 g/mol. The van der Waals surface area contributed by atoms with Gasteiger partial charge in [-0.05, 0) is 12.1 Å². The predicted octanol–water partition coefficient (Wildman–Crippen LogP) is 0.324. The zero-order valence-electron chi connectivity index (χ0n) is 13.3. The average Bonchev–Trinajstić information content (AvgIpc) is 2.97. The number of anilines is 1. The second-order valence-electron chi connectivity index (χ2n) is 5.37. The first-order valence-corrected chi connectivity index (χ1v) is 7.71. The molecule has 9 heteroatoms. The molecule has 0 unspecified atom stereocenters. The molecule has 25 heavy (non-hydrogen) atoms. The molecule has 0 radical (unpaired) electrons. The number of carbonyl (C=O) groups excluding carboxylic acids is 4. The number of nitrogens with zero attached hydrogens (tertiary/aromatic N) is 2. The smallest absolute Gasteiger partial charge is 0.416 e. The summed E-state index contributed by atoms with van der Waals surface area (Å²) in [4.78, 5) is 49.5. The van der Waals surface area contributed by atoms with Gasteiger partial charge in [0.25, 0.3) is 5.91 Å². The van der Waals surface area contributed by atoms with E-state index in [2.05, 4.69) is 4.74 Å². The van der Waals surface area contributed by atoms with Gasteiger partial charge in [0, 0.05) is 0 Å². The van der Waals surface area contributed by atoms with E-state index >= 15 is 0 Å². The molecule has 3 rings (SSSR count). The molecule has 0 aliphatic carbocycles. The van der Waals surface area contributed by atoms with Gasteiger partial charge in [-0.3, -0.25) is 19.3 Å². The largest absolute Gasteiger partial charge is 0.491 e. The van der Waals surface area contributed by atoms with Gasteiger partial charge in [-0.1, -0.05) is 12.1 Å². The standard InChI is InChI=1S/C16H16N2O7/c19-13-5-7-23-12-4-2-1-3-11(12)18(13)9-15(21)25-10-14(20)17-6-8-24-16(17)22/h1-4H,5-10H2. The predicted molar refractivity (Wildman–Crippen MR) is 82.9 cm³/mol. The second kappa shape index (κ2) is 7.20. The van der Waals surface area contributed by atoms with Crippen molar-refractivity contribution in [1.29, 1.82) is 0 Å². The van der Waals surface area contributed by atoms with Crippen molar-refractivity contribution in [1.82, 2.24) is 4.90 Å². The fourth-order valence-corrected chi connectivity index (χ4v) is 2.51. The van der Waals surface area contributed by atoms with Crippen LogP contribution in [0.2, 0.25) is 0 Å². The first kappa shape index (κ1) is 16.7. The second-order valence-corrected chi connectivity index (χ2v) is 5.37. The lowest BCUT2D eigenvalue weighted by atomic mass is 10.2. The van der Waals surface area contributed by atoms with Crippen LogP contribution in [0, 0.1) is 0 Å². The van der Waals surface area contributed by atoms with Crippen molar-refractivity contribution >= 4 is 29.6 Å². The van der Waals surface area contributed by atoms with Gasteiger partial charge >= 0.3 is 12.1 Å². The number of hydrogen-bond acceptors (Lipinski definition) is 7. The van der Waals surface area contributed by atoms with Gasteiger partial charge in [0.15, 0.2) is 6.61 Å². The molecule has 9 nitrogen and oxygen atoms in total. The normalized spacial score (nSPS) is 16.6. The number of esters is 1. The summed E-state index contributed by atoms with van der Waals surface area (Å²) < 4.78 is 15.0. The molecule has 2 aliphatic rings. The molecule has 1 aromatic carbocycles. The molecule has 3 amide bonds. The Labute approximate surface area is 143 Å². The summed E-state index contributed by atoms with van der Waals surface area (Å²) in [6, 6.07) is 6.85. The Morgan fingerprint density at radius 1 is 1.12 bits per heavy atom. The number of carbonyl (C=O) groups is 4. The molecule has 0 atom stereocenters. The van der Waals surface area contributed by atoms with E-state index in [-0.39, 0.29) is 38.6 Å². The Morgan fingerprint density at radius 3 is 2.68 bits per heavy atom. The lowest BCUT2D eigenvalue weighted by Crippen LogP contribution is -2.39. The SMILES string of the molecule is O=C(CN1C(=O)CCOc2ccccc21)OCC(=O)N1CCOC1=O. The maximum atomic E-state index is 12.2. The van der Waals surface area contributed by atoms with E-state index in [0.717, 1.165) is 4.90 Å². The number of amides is 3. The summed E-state index contributed by atoms with van der Waals surface area (Å²) in [6.07, 6.45) is -0.629. The number of hydrogen-bond donors (Lipinski definition) is 0. The fourth-order valence-electron chi connectivity index (χ4n) is 2.51. The first-order chi connectivity index (χ1) is 12.1. The van der Waals surface area contributed by atoms with Crippen LogP contribution in [0.4, 0.5) is 10.5 Å². The number of cyclic esters (lactones) is 1. The van der Waals surface area contributed by atoms with E-state index in [0.29, 0.717) is 11.4 Å². The van der Waals surface area contributed by atoms with Gasteiger partial charge in [-0.2, -0.15) is 0 Å². The molecule has 0 bridgehead atoms. The molecule has 132 valence electrons. The lowest BCUT2D eigenvalue weighted by Gasteiger charge is -2.21. The highest BCUT2D eigenvalue weighted by Crippen LogP contribution is 2.30. The van der Waals surface area contributed by atoms with Gasteiger partial charge in [0.1, 0.15) is 18.9 Å². The van der Waals surface area contributed by atoms with E-state index in [1.165, 1.54) is 4.90 Å². The van der Waals surface area contributed by atoms with Crippen LogP contribution < -0.4 is 9.64 Å². The van der Waals surface area contributed by atoms with Gasteiger partial charge in [0.2, 0.25) is 5.91 Å². The molecule has 0 aromatic heterocycles. The van der Waals surface area contributed by atoms with Gasteiger partial charge in [-0.25, -0.2) is 9.69 Å². The summed E-state index contributed by atoms with van der Waals surface area (Å²) in [5.74, 6) is -1.21. The Kier molecular flexibility index (Phi) is 4.82. The third-order valence-electron chi connectivity index (χ3n) is 3.74. The number of rotatable bonds is 4. The number of ether oxygens (including phenoxy) is 3. The zero-order valence-corrected chi connectivity index (χ0v) is 13.3. The van der Waals surface area contributed by atoms with Crippen molar-refractivity contribution in [2.24, 2.45) is 0 Å². The molecule has 2 heterocycles. The Hall–Kier alpha value is -3.10. The molecule has 0 spiro atoms. The topological polar surface area (TPSA) is 102 Å². The van der Waals surface area contributed by atoms with Gasteiger partial charge in [-0.15, -0.1) is 0 Å². The average molecular weight is 348 g/mol. The van der Waals surface area contributed by atoms with Crippen molar-refractivity contribution in [3.63, 3.8) is 0 Å². The minimum Gasteiger partial charge on any atom is -0.491 e. The summed E-state index contributed by atoms with van der Waals surface area (Å²) in [6.45, 7) is -0.468. The van der Waals surface area contributed by atoms with Crippen LogP contribution >= 0.6 is 0 Å². The van der Waals surface area contributed by atoms with Crippen LogP contribution in [-0.4, -0.2) is 61.7 Å². The van der Waals surface area contributed by atoms with Crippen LogP contribution in [-0.2, 0) is 23.9 Å². The zero-order chi connectivity index (χ0) is 17.8. The van der Waals surface area contributed by atoms with E-state index in [4.69, 9.17) is 9.47 Å². The Morgan fingerprint density at radius 2 is 1.92 bits per heavy atom. The first-order valence-electron chi connectivity index (χ1n) is 7.71. The summed E-state index contributed by atoms with van der Waals surface area (Å²) in [5.41, 5.74) is 0.469. The molecular weight excluding hydrogens is 332 g/mol. The summed E-state index contributed by atoms with van der Waals surface area (Å²) in [7, 11) is 0. The fraction of sp³-hybridized carbons (Fsp3) is 0.375. The third kappa shape index (κ3) is 3.70. The van der Waals surface area contributed by atoms with Crippen LogP contribution in [0.3, 0.4) is 0 Å². The van der Waals surface area contributed by atoms with E-state index < -0.39 is 24.6 Å². The van der Waals surface area contributed by atoms with Crippen LogP contribution in [0.25, 0.3) is 0 Å². The summed E-state index contributed by atoms with van der Waals surface area (Å²) in [5, 5.41) is 0. The maximum Gasteiger partial charge on any atom is 0.416 e. The summed E-state index contributed by atoms with van der Waals surface area (Å²) >= 11 is 0. The Bertz CT molecular complexity index is 718. The highest BCUT2D eigenvalue weighted by atomic mass is 16.6. The highest BCUT2D eigenvalue weighted by molar-refractivity contribution is 6.00. The van der Waals surface area contributed by atoms with Crippen molar-refractivity contribution < 1.29 is 33.4 Å². The highest BCUT2D eigenvalue weighted by Gasteiger charge is 2.30. The van der Waals surface area contributed by atoms with Crippen LogP contribution in [0.1, 0.15) is 6.42 Å². The van der Waals surface area contributed by atoms with Crippen molar-refractivity contribution in [2.75, 3.05) is 37.8 Å². The lowest BCUT2D eigenvalue weighted by molar-refractivity contribution is -0.149. The number of benzene rings is 1. The molecule has 0 saturated carbocycles. The third-order valence-corrected chi connectivity index (χ3v) is 3.74. The van der Waals surface area contributed by atoms with Gasteiger partial charge in [0.05, 0.1) is 25.3 Å². The quantitative estimate of drug-likeness (QED) is 0.722. The van der Waals surface area contributed by atoms with Crippen LogP contribution in [0.5, 0.6) is 5.75 Å². The van der Waals surface area contributed by atoms with Crippen molar-refractivity contribution in [3.8, 4) is 5.75 Å². The van der Waals surface area contributed by atoms with Crippen LogP contribution in [0.15, 0.2) is 24.3 Å². The molecule has 0 N–H and O–H groups in total. The molecular formula is C16H16N2O7. The molecule has 1 saturated heterocycles. The number of imide groups is 1. The number of fused-ring (bicyclic) bond motifs is 1. The maximum absolute atomic E-state index is 12.2. The van der Waals surface area contributed by atoms with E-state index in [1.54, 1.807) is 24.3 Å². The molecule has 2 aliphatic heterocycles. The molecule has 1 aromatic rings. The minimum absolute atomic E-state index is 0.123. The minimum atomic E-state index is -0.758. The Balaban J connectivity index is 1.61. The van der Waals surface area contributed by atoms with E-state index in [9.17, 15) is 19.2 Å². The van der Waals surface area contributed by atoms with Crippen molar-refractivity contribution in [2.45, 2.75) is 6.42 Å². The van der Waals surface area contributed by atoms with E-state index in [1.807, 2.05) is 0 Å². The number of para-hydroxylation sites is 2. The molecule has 1 fully saturated rings. The van der Waals surface area contributed by atoms with Gasteiger partial charge < -0.3 is 14.2 Å². The van der Waals surface area contributed by atoms with Crippen molar-refractivity contribution in [3.05, 3.63) is 24.3 Å².